The van der Waals surface area contributed by atoms with Crippen molar-refractivity contribution < 1.29 is 0 Å². The predicted molar refractivity (Wildman–Crippen MR) is 74.9 cm³/mol. The third kappa shape index (κ3) is 6.79. The van der Waals surface area contributed by atoms with E-state index >= 15 is 0 Å². The van der Waals surface area contributed by atoms with Gasteiger partial charge in [0.1, 0.15) is 5.84 Å². The predicted octanol–water partition coefficient (Wildman–Crippen LogP) is 3.90. The fourth-order valence-corrected chi connectivity index (χ4v) is 2.42. The van der Waals surface area contributed by atoms with Crippen LogP contribution in [0, 0.1) is 5.41 Å². The molecule has 0 rings (SSSR count). The molecule has 0 aliphatic heterocycles. The monoisotopic (exact) mass is 290 g/mol. The van der Waals surface area contributed by atoms with Crippen LogP contribution < -0.4 is 5.32 Å². The van der Waals surface area contributed by atoms with Crippen molar-refractivity contribution in [3.63, 3.8) is 0 Å². The molecule has 0 aliphatic rings. The largest absolute Gasteiger partial charge is 0.366 e. The normalized spacial score (nSPS) is 14.0. The van der Waals surface area contributed by atoms with Crippen LogP contribution in [0.3, 0.4) is 0 Å². The van der Waals surface area contributed by atoms with Crippen molar-refractivity contribution >= 4 is 33.5 Å². The molecule has 0 amide bonds. The molecule has 4 heteroatoms. The summed E-state index contributed by atoms with van der Waals surface area (Å²) in [5.74, 6) is 0.419. The molecule has 0 heterocycles. The number of allylic oxidation sites excluding steroid dienone is 2. The number of hydrogen-bond acceptors (Lipinski definition) is 2. The molecule has 86 valence electrons. The van der Waals surface area contributed by atoms with Crippen molar-refractivity contribution in [2.45, 2.75) is 33.2 Å². The molecule has 0 saturated heterocycles. The molecule has 0 aliphatic carbocycles. The van der Waals surface area contributed by atoms with Crippen LogP contribution >= 0.6 is 27.7 Å². The summed E-state index contributed by atoms with van der Waals surface area (Å²) >= 11 is 5.12. The van der Waals surface area contributed by atoms with E-state index in [0.29, 0.717) is 5.84 Å². The van der Waals surface area contributed by atoms with Crippen LogP contribution in [0.25, 0.3) is 0 Å². The highest BCUT2D eigenvalue weighted by Crippen LogP contribution is 2.25. The zero-order valence-electron chi connectivity index (χ0n) is 9.94. The maximum absolute atomic E-state index is 7.76. The molecule has 2 nitrogen and oxygen atoms in total. The molecular weight excluding hydrogens is 272 g/mol. The number of thioether (sulfide) groups is 1. The fraction of sp³-hybridized carbons (Fsp3) is 0.545. The van der Waals surface area contributed by atoms with E-state index < -0.39 is 0 Å². The van der Waals surface area contributed by atoms with E-state index in [4.69, 9.17) is 5.41 Å². The SMILES string of the molecule is CC=C(SC)/C(Br)=C\C(=N)NC(C)(C)C. The van der Waals surface area contributed by atoms with Crippen LogP contribution in [-0.4, -0.2) is 17.6 Å². The second kappa shape index (κ2) is 6.38. The Labute approximate surface area is 105 Å². The molecule has 0 fully saturated rings. The molecule has 0 atom stereocenters. The second-order valence-corrected chi connectivity index (χ2v) is 5.84. The standard InChI is InChI=1S/C11H19BrN2S/c1-6-9(15-5)8(12)7-10(13)14-11(2,3)4/h6-7H,1-5H3,(H2,13,14)/b8-7+,9-6?. The molecule has 0 aromatic heterocycles. The molecule has 0 unspecified atom stereocenters. The summed E-state index contributed by atoms with van der Waals surface area (Å²) in [6.45, 7) is 8.10. The van der Waals surface area contributed by atoms with Gasteiger partial charge < -0.3 is 5.32 Å². The average Bonchev–Trinajstić information content (AvgIpc) is 2.02. The van der Waals surface area contributed by atoms with Crippen LogP contribution in [0.15, 0.2) is 21.5 Å². The fourth-order valence-electron chi connectivity index (χ4n) is 0.991. The third-order valence-electron chi connectivity index (χ3n) is 1.50. The van der Waals surface area contributed by atoms with Crippen molar-refractivity contribution in [1.29, 1.82) is 5.41 Å². The van der Waals surface area contributed by atoms with Gasteiger partial charge in [0.2, 0.25) is 0 Å². The van der Waals surface area contributed by atoms with Crippen molar-refractivity contribution in [2.24, 2.45) is 0 Å². The van der Waals surface area contributed by atoms with E-state index in [0.717, 1.165) is 9.39 Å². The molecule has 2 N–H and O–H groups in total. The Hall–Kier alpha value is -0.220. The summed E-state index contributed by atoms with van der Waals surface area (Å²) in [5.41, 5.74) is -0.0731. The van der Waals surface area contributed by atoms with Gasteiger partial charge >= 0.3 is 0 Å². The van der Waals surface area contributed by atoms with E-state index in [2.05, 4.69) is 21.2 Å². The van der Waals surface area contributed by atoms with Gasteiger partial charge in [-0.3, -0.25) is 5.41 Å². The molecule has 0 bridgehead atoms. The topological polar surface area (TPSA) is 35.9 Å². The number of hydrogen-bond donors (Lipinski definition) is 2. The summed E-state index contributed by atoms with van der Waals surface area (Å²) in [6, 6.07) is 0. The van der Waals surface area contributed by atoms with Crippen LogP contribution in [0.1, 0.15) is 27.7 Å². The van der Waals surface area contributed by atoms with Crippen molar-refractivity contribution in [3.05, 3.63) is 21.5 Å². The Balaban J connectivity index is 4.56. The van der Waals surface area contributed by atoms with Crippen LogP contribution in [0.5, 0.6) is 0 Å². The maximum Gasteiger partial charge on any atom is 0.119 e. The zero-order valence-corrected chi connectivity index (χ0v) is 12.3. The molecule has 0 aromatic rings. The highest BCUT2D eigenvalue weighted by molar-refractivity contribution is 9.12. The van der Waals surface area contributed by atoms with Crippen molar-refractivity contribution in [3.8, 4) is 0 Å². The lowest BCUT2D eigenvalue weighted by atomic mass is 10.1. The Morgan fingerprint density at radius 1 is 1.40 bits per heavy atom. The lowest BCUT2D eigenvalue weighted by Gasteiger charge is -2.21. The number of halogens is 1. The highest BCUT2D eigenvalue weighted by atomic mass is 79.9. The van der Waals surface area contributed by atoms with E-state index in [1.807, 2.05) is 40.0 Å². The minimum Gasteiger partial charge on any atom is -0.366 e. The summed E-state index contributed by atoms with van der Waals surface area (Å²) in [5, 5.41) is 10.9. The first-order valence-electron chi connectivity index (χ1n) is 4.74. The highest BCUT2D eigenvalue weighted by Gasteiger charge is 2.10. The van der Waals surface area contributed by atoms with Gasteiger partial charge in [-0.05, 0) is 56.0 Å². The minimum atomic E-state index is -0.0731. The summed E-state index contributed by atoms with van der Waals surface area (Å²) in [7, 11) is 0. The lowest BCUT2D eigenvalue weighted by molar-refractivity contribution is 0.511. The minimum absolute atomic E-state index is 0.0731. The molecule has 0 saturated carbocycles. The summed E-state index contributed by atoms with van der Waals surface area (Å²) in [4.78, 5) is 1.13. The first kappa shape index (κ1) is 14.8. The molecule has 15 heavy (non-hydrogen) atoms. The van der Waals surface area contributed by atoms with Gasteiger partial charge in [0.15, 0.2) is 0 Å². The first-order chi connectivity index (χ1) is 6.80. The Bertz CT molecular complexity index is 287. The van der Waals surface area contributed by atoms with Gasteiger partial charge in [-0.1, -0.05) is 6.08 Å². The van der Waals surface area contributed by atoms with E-state index in [-0.39, 0.29) is 5.54 Å². The first-order valence-corrected chi connectivity index (χ1v) is 6.76. The van der Waals surface area contributed by atoms with Gasteiger partial charge in [0.25, 0.3) is 0 Å². The smallest absolute Gasteiger partial charge is 0.119 e. The molecule has 0 aromatic carbocycles. The Morgan fingerprint density at radius 2 is 1.93 bits per heavy atom. The number of rotatable bonds is 3. The maximum atomic E-state index is 7.76. The average molecular weight is 291 g/mol. The lowest BCUT2D eigenvalue weighted by Crippen LogP contribution is -2.39. The van der Waals surface area contributed by atoms with E-state index in [1.165, 1.54) is 0 Å². The Kier molecular flexibility index (Phi) is 6.29. The zero-order chi connectivity index (χ0) is 12.1. The Morgan fingerprint density at radius 3 is 2.27 bits per heavy atom. The molecule has 0 spiro atoms. The van der Waals surface area contributed by atoms with Gasteiger partial charge in [-0.2, -0.15) is 0 Å². The van der Waals surface area contributed by atoms with Gasteiger partial charge in [-0.25, -0.2) is 0 Å². The van der Waals surface area contributed by atoms with Crippen molar-refractivity contribution in [2.75, 3.05) is 6.26 Å². The molecule has 0 radical (unpaired) electrons. The summed E-state index contributed by atoms with van der Waals surface area (Å²) < 4.78 is 0.944. The van der Waals surface area contributed by atoms with E-state index in [9.17, 15) is 0 Å². The quantitative estimate of drug-likeness (QED) is 0.470. The molecular formula is C11H19BrN2S. The number of nitrogens with one attached hydrogen (secondary N) is 2. The van der Waals surface area contributed by atoms with Crippen molar-refractivity contribution in [1.82, 2.24) is 5.32 Å². The summed E-state index contributed by atoms with van der Waals surface area (Å²) in [6.07, 6.45) is 5.83. The van der Waals surface area contributed by atoms with Crippen LogP contribution in [-0.2, 0) is 0 Å². The second-order valence-electron chi connectivity index (χ2n) is 4.14. The van der Waals surface area contributed by atoms with Gasteiger partial charge in [0, 0.05) is 14.9 Å². The van der Waals surface area contributed by atoms with E-state index in [1.54, 1.807) is 17.8 Å². The van der Waals surface area contributed by atoms with Gasteiger partial charge in [0.05, 0.1) is 0 Å². The van der Waals surface area contributed by atoms with Crippen LogP contribution in [0.4, 0.5) is 0 Å². The van der Waals surface area contributed by atoms with Gasteiger partial charge in [-0.15, -0.1) is 11.8 Å². The van der Waals surface area contributed by atoms with Crippen LogP contribution in [0.2, 0.25) is 0 Å². The number of amidine groups is 1. The third-order valence-corrected chi connectivity index (χ3v) is 3.31.